The molecule has 2 aromatic carbocycles. The fourth-order valence-electron chi connectivity index (χ4n) is 10.2. The minimum Gasteiger partial charge on any atom is -0.504 e. The lowest BCUT2D eigenvalue weighted by molar-refractivity contribution is -0.136. The van der Waals surface area contributed by atoms with Crippen LogP contribution in [0.1, 0.15) is 67.2 Å². The van der Waals surface area contributed by atoms with E-state index in [-0.39, 0.29) is 53.3 Å². The van der Waals surface area contributed by atoms with Gasteiger partial charge in [-0.05, 0) is 76.3 Å². The maximum absolute atomic E-state index is 14.3. The number of hydrogen-bond acceptors (Lipinski definition) is 12. The van der Waals surface area contributed by atoms with Gasteiger partial charge in [-0.25, -0.2) is 13.6 Å². The number of carbonyl (C=O) groups excluding carboxylic acids is 5. The Morgan fingerprint density at radius 3 is 2.37 bits per heavy atom. The van der Waals surface area contributed by atoms with Crippen LogP contribution in [0.3, 0.4) is 0 Å². The summed E-state index contributed by atoms with van der Waals surface area (Å²) in [5.74, 6) is -3.70. The third-order valence-corrected chi connectivity index (χ3v) is 13.2. The monoisotopic (exact) mass is 826 g/mol. The number of amides is 6. The lowest BCUT2D eigenvalue weighted by atomic mass is 9.92. The molecular formula is C42H48F2N10O6. The summed E-state index contributed by atoms with van der Waals surface area (Å²) in [5.41, 5.74) is 1.63. The molecule has 2 unspecified atom stereocenters. The molecule has 6 aliphatic rings. The minimum atomic E-state index is -1.08. The third-order valence-electron chi connectivity index (χ3n) is 13.2. The fourth-order valence-corrected chi connectivity index (χ4v) is 10.2. The molecule has 316 valence electrons. The molecule has 0 spiro atoms. The van der Waals surface area contributed by atoms with Gasteiger partial charge in [0.15, 0.2) is 17.4 Å². The zero-order chi connectivity index (χ0) is 42.2. The fraction of sp³-hybridized carbons (Fsp3) is 0.500. The summed E-state index contributed by atoms with van der Waals surface area (Å²) in [7, 11) is 0. The summed E-state index contributed by atoms with van der Waals surface area (Å²) in [4.78, 5) is 76.7. The molecule has 9 rings (SSSR count). The average molecular weight is 827 g/mol. The second-order valence-corrected chi connectivity index (χ2v) is 17.4. The summed E-state index contributed by atoms with van der Waals surface area (Å²) >= 11 is 0. The molecule has 16 nitrogen and oxygen atoms in total. The first-order valence-corrected chi connectivity index (χ1v) is 20.7. The molecule has 4 fully saturated rings. The first-order valence-electron chi connectivity index (χ1n) is 20.7. The Balaban J connectivity index is 0.791. The van der Waals surface area contributed by atoms with E-state index in [1.807, 2.05) is 15.9 Å². The second-order valence-electron chi connectivity index (χ2n) is 17.4. The zero-order valence-electron chi connectivity index (χ0n) is 33.8. The van der Waals surface area contributed by atoms with Gasteiger partial charge in [-0.15, -0.1) is 10.2 Å². The molecule has 3 N–H and O–H groups in total. The lowest BCUT2D eigenvalue weighted by Crippen LogP contribution is -2.69. The van der Waals surface area contributed by atoms with Gasteiger partial charge in [-0.1, -0.05) is 0 Å². The van der Waals surface area contributed by atoms with E-state index in [4.69, 9.17) is 0 Å². The smallest absolute Gasteiger partial charge is 0.320 e. The molecule has 18 heteroatoms. The Morgan fingerprint density at radius 2 is 1.63 bits per heavy atom. The number of rotatable bonds is 5. The number of halogens is 2. The third kappa shape index (κ3) is 6.83. The molecule has 7 heterocycles. The number of urea groups is 1. The number of aromatic nitrogens is 2. The largest absolute Gasteiger partial charge is 0.504 e. The standard InChI is InChI=1S/C42H48F2N10O6/c1-23-18-49(20-25-8-10-50(11-9-25)27-4-5-28-29(16-27)40(59)54(39(28)58)33-6-7-35(55)46-38(33)57)19-24(2)53(23)41(60)51-12-13-52-34-17-32(30-14-26(43)15-31(44)36(30)56)47-48-37(34)45-21-42(52,3)22-51/h4-5,14-17,23-25,33,56H,6-13,18-22H2,1-3H3,(H,45,48)(H,46,55,57)/t23-,24+,33?,42?. The van der Waals surface area contributed by atoms with Gasteiger partial charge >= 0.3 is 6.03 Å². The van der Waals surface area contributed by atoms with Gasteiger partial charge in [0.1, 0.15) is 11.9 Å². The SMILES string of the molecule is C[C@@H]1CN(CC2CCN(c3ccc4c(c3)C(=O)N(C3CCC(=O)NC3=O)C4=O)CC2)C[C@H](C)N1C(=O)N1CCN2c3cc(-c4cc(F)cc(F)c4O)nnc3NCC2(C)C1. The van der Waals surface area contributed by atoms with Crippen molar-refractivity contribution in [3.63, 3.8) is 0 Å². The molecule has 3 aromatic rings. The lowest BCUT2D eigenvalue weighted by Gasteiger charge is -2.54. The van der Waals surface area contributed by atoms with Crippen molar-refractivity contribution in [3.8, 4) is 17.0 Å². The van der Waals surface area contributed by atoms with Crippen LogP contribution in [0.15, 0.2) is 36.4 Å². The first kappa shape index (κ1) is 39.5. The van der Waals surface area contributed by atoms with Crippen molar-refractivity contribution in [2.45, 2.75) is 70.1 Å². The molecule has 0 aliphatic carbocycles. The van der Waals surface area contributed by atoms with E-state index in [0.717, 1.165) is 62.2 Å². The molecule has 0 radical (unpaired) electrons. The number of fused-ring (bicyclic) bond motifs is 4. The van der Waals surface area contributed by atoms with Crippen molar-refractivity contribution < 1.29 is 37.9 Å². The number of phenols is 1. The number of nitrogens with one attached hydrogen (secondary N) is 2. The van der Waals surface area contributed by atoms with Gasteiger partial charge in [0, 0.05) is 94.7 Å². The average Bonchev–Trinajstić information content (AvgIpc) is 3.46. The van der Waals surface area contributed by atoms with Crippen LogP contribution >= 0.6 is 0 Å². The van der Waals surface area contributed by atoms with Crippen LogP contribution in [-0.4, -0.2) is 147 Å². The van der Waals surface area contributed by atoms with Crippen molar-refractivity contribution in [3.05, 3.63) is 59.2 Å². The quantitative estimate of drug-likeness (QED) is 0.321. The number of piperidine rings is 2. The zero-order valence-corrected chi connectivity index (χ0v) is 33.8. The number of anilines is 3. The molecular weight excluding hydrogens is 779 g/mol. The van der Waals surface area contributed by atoms with Crippen LogP contribution in [0.2, 0.25) is 0 Å². The van der Waals surface area contributed by atoms with Crippen LogP contribution in [0.25, 0.3) is 11.3 Å². The highest BCUT2D eigenvalue weighted by molar-refractivity contribution is 6.23. The van der Waals surface area contributed by atoms with Crippen LogP contribution in [0.4, 0.5) is 30.8 Å². The Morgan fingerprint density at radius 1 is 0.900 bits per heavy atom. The second kappa shape index (κ2) is 15.0. The number of aromatic hydroxyl groups is 1. The Bertz CT molecular complexity index is 2290. The highest BCUT2D eigenvalue weighted by Gasteiger charge is 2.47. The highest BCUT2D eigenvalue weighted by atomic mass is 19.1. The molecule has 0 bridgehead atoms. The topological polar surface area (TPSA) is 175 Å². The van der Waals surface area contributed by atoms with Crippen molar-refractivity contribution in [1.29, 1.82) is 0 Å². The van der Waals surface area contributed by atoms with E-state index < -0.39 is 52.6 Å². The Hall–Kier alpha value is -5.91. The summed E-state index contributed by atoms with van der Waals surface area (Å²) in [6, 6.07) is 7.56. The number of benzene rings is 2. The Labute approximate surface area is 345 Å². The predicted octanol–water partition coefficient (Wildman–Crippen LogP) is 3.27. The van der Waals surface area contributed by atoms with Crippen molar-refractivity contribution in [2.75, 3.05) is 74.0 Å². The summed E-state index contributed by atoms with van der Waals surface area (Å²) in [5, 5.41) is 24.3. The Kier molecular flexibility index (Phi) is 9.87. The van der Waals surface area contributed by atoms with Crippen molar-refractivity contribution in [1.82, 2.24) is 35.1 Å². The first-order chi connectivity index (χ1) is 28.7. The number of nitrogens with zero attached hydrogens (tertiary/aromatic N) is 8. The van der Waals surface area contributed by atoms with E-state index in [1.54, 1.807) is 18.2 Å². The molecule has 4 atom stereocenters. The number of carbonyl (C=O) groups is 5. The predicted molar refractivity (Wildman–Crippen MR) is 216 cm³/mol. The minimum absolute atomic E-state index is 0.00177. The van der Waals surface area contributed by atoms with E-state index in [0.29, 0.717) is 49.7 Å². The molecule has 60 heavy (non-hydrogen) atoms. The number of phenolic OH excluding ortho intramolecular Hbond substituents is 1. The molecule has 6 amide bonds. The van der Waals surface area contributed by atoms with Crippen molar-refractivity contribution in [2.24, 2.45) is 5.92 Å². The van der Waals surface area contributed by atoms with Crippen LogP contribution < -0.4 is 20.4 Å². The number of hydrogen-bond donors (Lipinski definition) is 3. The highest BCUT2D eigenvalue weighted by Crippen LogP contribution is 2.41. The van der Waals surface area contributed by atoms with Gasteiger partial charge in [0.25, 0.3) is 11.8 Å². The van der Waals surface area contributed by atoms with Crippen LogP contribution in [0, 0.1) is 17.6 Å². The maximum Gasteiger partial charge on any atom is 0.320 e. The van der Waals surface area contributed by atoms with Gasteiger partial charge < -0.3 is 30.0 Å². The molecule has 1 aromatic heterocycles. The molecule has 6 aliphatic heterocycles. The van der Waals surface area contributed by atoms with E-state index in [1.165, 1.54) is 0 Å². The van der Waals surface area contributed by atoms with Crippen LogP contribution in [0.5, 0.6) is 5.75 Å². The summed E-state index contributed by atoms with van der Waals surface area (Å²) < 4.78 is 28.3. The summed E-state index contributed by atoms with van der Waals surface area (Å²) in [6.07, 6.45) is 2.08. The van der Waals surface area contributed by atoms with E-state index >= 15 is 0 Å². The van der Waals surface area contributed by atoms with Gasteiger partial charge in [0.05, 0.1) is 28.0 Å². The van der Waals surface area contributed by atoms with Crippen molar-refractivity contribution >= 4 is 46.9 Å². The summed E-state index contributed by atoms with van der Waals surface area (Å²) in [6.45, 7) is 12.2. The molecule has 4 saturated heterocycles. The van der Waals surface area contributed by atoms with E-state index in [9.17, 15) is 37.9 Å². The van der Waals surface area contributed by atoms with Gasteiger partial charge in [0.2, 0.25) is 11.8 Å². The number of piperazine rings is 2. The van der Waals surface area contributed by atoms with E-state index in [2.05, 4.69) is 56.3 Å². The maximum atomic E-state index is 14.3. The molecule has 0 saturated carbocycles. The van der Waals surface area contributed by atoms with Gasteiger partial charge in [-0.3, -0.25) is 34.3 Å². The normalized spacial score (nSPS) is 26.1. The van der Waals surface area contributed by atoms with Crippen LogP contribution in [-0.2, 0) is 9.59 Å². The van der Waals surface area contributed by atoms with Gasteiger partial charge in [-0.2, -0.15) is 0 Å². The number of imide groups is 2.